The Morgan fingerprint density at radius 1 is 1.08 bits per heavy atom. The van der Waals surface area contributed by atoms with Gasteiger partial charge in [0.05, 0.1) is 17.7 Å². The number of fused-ring (bicyclic) bond motifs is 1. The van der Waals surface area contributed by atoms with Gasteiger partial charge in [-0.25, -0.2) is 9.97 Å². The summed E-state index contributed by atoms with van der Waals surface area (Å²) in [7, 11) is 0. The van der Waals surface area contributed by atoms with Gasteiger partial charge in [-0.15, -0.1) is 0 Å². The van der Waals surface area contributed by atoms with Crippen molar-refractivity contribution in [1.29, 1.82) is 0 Å². The topological polar surface area (TPSA) is 125 Å². The van der Waals surface area contributed by atoms with Crippen LogP contribution in [0, 0.1) is 0 Å². The van der Waals surface area contributed by atoms with Crippen LogP contribution in [0.25, 0.3) is 0 Å². The molecule has 3 amide bonds. The summed E-state index contributed by atoms with van der Waals surface area (Å²) >= 11 is 0. The van der Waals surface area contributed by atoms with Gasteiger partial charge in [0.2, 0.25) is 17.8 Å². The number of nitrogens with zero attached hydrogens (tertiary/aromatic N) is 2. The van der Waals surface area contributed by atoms with Crippen molar-refractivity contribution in [1.82, 2.24) is 20.6 Å². The predicted molar refractivity (Wildman–Crippen MR) is 94.5 cm³/mol. The first-order valence-corrected chi connectivity index (χ1v) is 8.12. The first-order chi connectivity index (χ1) is 12.6. The molecular weight excluding hydrogens is 336 g/mol. The quantitative estimate of drug-likeness (QED) is 0.547. The van der Waals surface area contributed by atoms with Gasteiger partial charge in [0.15, 0.2) is 0 Å². The summed E-state index contributed by atoms with van der Waals surface area (Å²) in [5.74, 6) is -0.684. The zero-order chi connectivity index (χ0) is 18.4. The van der Waals surface area contributed by atoms with E-state index in [0.717, 1.165) is 0 Å². The molecule has 0 fully saturated rings. The van der Waals surface area contributed by atoms with Crippen LogP contribution < -0.4 is 21.3 Å². The summed E-state index contributed by atoms with van der Waals surface area (Å²) in [5.41, 5.74) is 0.806. The molecule has 1 aliphatic rings. The van der Waals surface area contributed by atoms with Crippen LogP contribution in [0.3, 0.4) is 0 Å². The van der Waals surface area contributed by atoms with Gasteiger partial charge in [-0.1, -0.05) is 12.1 Å². The number of hydrogen-bond donors (Lipinski definition) is 4. The maximum Gasteiger partial charge on any atom is 0.254 e. The van der Waals surface area contributed by atoms with Crippen molar-refractivity contribution in [2.75, 3.05) is 23.7 Å². The van der Waals surface area contributed by atoms with Crippen LogP contribution in [-0.2, 0) is 9.59 Å². The molecule has 3 rings (SSSR count). The van der Waals surface area contributed by atoms with Crippen molar-refractivity contribution in [2.24, 2.45) is 0 Å². The van der Waals surface area contributed by atoms with Gasteiger partial charge in [0, 0.05) is 25.5 Å². The number of aromatic nitrogens is 2. The molecule has 26 heavy (non-hydrogen) atoms. The molecule has 0 saturated carbocycles. The number of amides is 3. The first kappa shape index (κ1) is 17.3. The van der Waals surface area contributed by atoms with E-state index in [9.17, 15) is 14.4 Å². The molecule has 1 aliphatic heterocycles. The van der Waals surface area contributed by atoms with E-state index in [1.54, 1.807) is 42.7 Å². The molecule has 2 heterocycles. The van der Waals surface area contributed by atoms with Gasteiger partial charge in [0.1, 0.15) is 6.04 Å². The molecule has 1 aromatic carbocycles. The lowest BCUT2D eigenvalue weighted by atomic mass is 10.1. The molecule has 1 atom stereocenters. The Bertz CT molecular complexity index is 811. The summed E-state index contributed by atoms with van der Waals surface area (Å²) in [5, 5.41) is 10.9. The number of anilines is 2. The molecule has 4 N–H and O–H groups in total. The number of carbonyl (C=O) groups excluding carboxylic acids is 3. The molecule has 9 heteroatoms. The molecule has 0 spiro atoms. The van der Waals surface area contributed by atoms with E-state index >= 15 is 0 Å². The monoisotopic (exact) mass is 354 g/mol. The third-order valence-electron chi connectivity index (χ3n) is 3.74. The maximum absolute atomic E-state index is 12.2. The van der Waals surface area contributed by atoms with Gasteiger partial charge in [0.25, 0.3) is 5.91 Å². The zero-order valence-corrected chi connectivity index (χ0v) is 13.9. The van der Waals surface area contributed by atoms with Crippen molar-refractivity contribution in [2.45, 2.75) is 12.5 Å². The van der Waals surface area contributed by atoms with Crippen LogP contribution in [-0.4, -0.2) is 46.8 Å². The lowest BCUT2D eigenvalue weighted by Crippen LogP contribution is -2.45. The molecular formula is C17H18N6O3. The van der Waals surface area contributed by atoms with Crippen LogP contribution in [0.15, 0.2) is 42.7 Å². The minimum absolute atomic E-state index is 0.145. The number of nitrogens with one attached hydrogen (secondary N) is 4. The number of hydrogen-bond acceptors (Lipinski definition) is 6. The van der Waals surface area contributed by atoms with E-state index in [2.05, 4.69) is 31.2 Å². The molecule has 0 unspecified atom stereocenters. The largest absolute Gasteiger partial charge is 0.354 e. The minimum atomic E-state index is -0.930. The third-order valence-corrected chi connectivity index (χ3v) is 3.74. The summed E-state index contributed by atoms with van der Waals surface area (Å²) in [6.07, 6.45) is 3.08. The van der Waals surface area contributed by atoms with Gasteiger partial charge in [-0.05, 0) is 18.2 Å². The van der Waals surface area contributed by atoms with E-state index in [0.29, 0.717) is 30.3 Å². The second-order valence-corrected chi connectivity index (χ2v) is 5.61. The van der Waals surface area contributed by atoms with Crippen LogP contribution in [0.1, 0.15) is 16.8 Å². The number of para-hydroxylation sites is 1. The number of rotatable bonds is 6. The molecule has 2 aromatic rings. The standard InChI is InChI=1S/C17H18N6O3/c24-14(18-8-9-21-17-19-6-3-7-20-17)10-13-16(26)22-12-5-2-1-4-11(12)15(25)23-13/h1-7,13H,8-10H2,(H,18,24)(H,22,26)(H,23,25)(H,19,20,21)/t13-/m0/s1. The normalized spacial score (nSPS) is 15.9. The van der Waals surface area contributed by atoms with E-state index in [-0.39, 0.29) is 18.2 Å². The van der Waals surface area contributed by atoms with Crippen molar-refractivity contribution in [3.63, 3.8) is 0 Å². The van der Waals surface area contributed by atoms with Crippen molar-refractivity contribution in [3.8, 4) is 0 Å². The Balaban J connectivity index is 1.48. The molecule has 134 valence electrons. The van der Waals surface area contributed by atoms with E-state index in [1.165, 1.54) is 0 Å². The van der Waals surface area contributed by atoms with Crippen LogP contribution in [0.2, 0.25) is 0 Å². The van der Waals surface area contributed by atoms with Gasteiger partial charge < -0.3 is 21.3 Å². The van der Waals surface area contributed by atoms with E-state index in [1.807, 2.05) is 0 Å². The second kappa shape index (κ2) is 8.06. The molecule has 1 aromatic heterocycles. The summed E-state index contributed by atoms with van der Waals surface area (Å²) in [6.45, 7) is 0.768. The molecule has 0 radical (unpaired) electrons. The fraction of sp³-hybridized carbons (Fsp3) is 0.235. The molecule has 0 saturated heterocycles. The molecule has 9 nitrogen and oxygen atoms in total. The zero-order valence-electron chi connectivity index (χ0n) is 13.9. The van der Waals surface area contributed by atoms with Gasteiger partial charge in [-0.2, -0.15) is 0 Å². The average Bonchev–Trinajstić information content (AvgIpc) is 2.76. The summed E-state index contributed by atoms with van der Waals surface area (Å²) in [6, 6.07) is 7.47. The Morgan fingerprint density at radius 2 is 1.85 bits per heavy atom. The molecule has 0 aliphatic carbocycles. The average molecular weight is 354 g/mol. The smallest absolute Gasteiger partial charge is 0.254 e. The van der Waals surface area contributed by atoms with Crippen molar-refractivity contribution >= 4 is 29.4 Å². The maximum atomic E-state index is 12.2. The minimum Gasteiger partial charge on any atom is -0.354 e. The van der Waals surface area contributed by atoms with E-state index < -0.39 is 11.9 Å². The molecule has 0 bridgehead atoms. The Morgan fingerprint density at radius 3 is 2.65 bits per heavy atom. The van der Waals surface area contributed by atoms with Gasteiger partial charge in [-0.3, -0.25) is 14.4 Å². The Kier molecular flexibility index (Phi) is 5.37. The Labute approximate surface area is 149 Å². The van der Waals surface area contributed by atoms with Crippen LogP contribution in [0.4, 0.5) is 11.6 Å². The lowest BCUT2D eigenvalue weighted by molar-refractivity contribution is -0.125. The van der Waals surface area contributed by atoms with Gasteiger partial charge >= 0.3 is 0 Å². The van der Waals surface area contributed by atoms with E-state index in [4.69, 9.17) is 0 Å². The fourth-order valence-corrected chi connectivity index (χ4v) is 2.48. The predicted octanol–water partition coefficient (Wildman–Crippen LogP) is 0.146. The second-order valence-electron chi connectivity index (χ2n) is 5.61. The summed E-state index contributed by atoms with van der Waals surface area (Å²) in [4.78, 5) is 44.5. The summed E-state index contributed by atoms with van der Waals surface area (Å²) < 4.78 is 0. The van der Waals surface area contributed by atoms with Crippen LogP contribution >= 0.6 is 0 Å². The number of benzene rings is 1. The Hall–Kier alpha value is -3.49. The number of carbonyl (C=O) groups is 3. The van der Waals surface area contributed by atoms with Crippen molar-refractivity contribution in [3.05, 3.63) is 48.3 Å². The lowest BCUT2D eigenvalue weighted by Gasteiger charge is -2.14. The first-order valence-electron chi connectivity index (χ1n) is 8.12. The fourth-order valence-electron chi connectivity index (χ4n) is 2.48. The third kappa shape index (κ3) is 4.32. The van der Waals surface area contributed by atoms with Crippen molar-refractivity contribution < 1.29 is 14.4 Å². The van der Waals surface area contributed by atoms with Crippen LogP contribution in [0.5, 0.6) is 0 Å². The highest BCUT2D eigenvalue weighted by atomic mass is 16.2. The highest BCUT2D eigenvalue weighted by Crippen LogP contribution is 2.18. The highest BCUT2D eigenvalue weighted by Gasteiger charge is 2.29. The SMILES string of the molecule is O=C(C[C@@H]1NC(=O)c2ccccc2NC1=O)NCCNc1ncccn1. The highest BCUT2D eigenvalue weighted by molar-refractivity contribution is 6.10.